The summed E-state index contributed by atoms with van der Waals surface area (Å²) >= 11 is 0. The number of piperidine rings is 1. The number of aromatic nitrogens is 1. The molecule has 1 fully saturated rings. The summed E-state index contributed by atoms with van der Waals surface area (Å²) in [6.07, 6.45) is 5.28. The number of carbonyl (C=O) groups excluding carboxylic acids is 1. The Kier molecular flexibility index (Phi) is 4.48. The van der Waals surface area contributed by atoms with E-state index in [0.717, 1.165) is 19.5 Å². The van der Waals surface area contributed by atoms with Crippen LogP contribution in [0, 0.1) is 17.2 Å². The number of pyridine rings is 1. The van der Waals surface area contributed by atoms with Crippen LogP contribution in [0.4, 0.5) is 0 Å². The molecule has 1 aromatic heterocycles. The molecule has 5 nitrogen and oxygen atoms in total. The lowest BCUT2D eigenvalue weighted by Crippen LogP contribution is -2.39. The predicted octanol–water partition coefficient (Wildman–Crippen LogP) is 1.02. The zero-order valence-electron chi connectivity index (χ0n) is 11.1. The second-order valence-corrected chi connectivity index (χ2v) is 5.05. The van der Waals surface area contributed by atoms with Crippen LogP contribution in [0.1, 0.15) is 28.8 Å². The van der Waals surface area contributed by atoms with Crippen LogP contribution in [-0.2, 0) is 0 Å². The average Bonchev–Trinajstić information content (AvgIpc) is 2.45. The molecule has 1 N–H and O–H groups in total. The second-order valence-electron chi connectivity index (χ2n) is 5.05. The van der Waals surface area contributed by atoms with Crippen LogP contribution < -0.4 is 5.32 Å². The fourth-order valence-electron chi connectivity index (χ4n) is 2.40. The van der Waals surface area contributed by atoms with Crippen molar-refractivity contribution in [1.82, 2.24) is 15.2 Å². The van der Waals surface area contributed by atoms with E-state index in [4.69, 9.17) is 5.26 Å². The maximum absolute atomic E-state index is 12.0. The molecule has 0 radical (unpaired) electrons. The molecule has 0 spiro atoms. The third kappa shape index (κ3) is 3.76. The van der Waals surface area contributed by atoms with Gasteiger partial charge in [-0.1, -0.05) is 0 Å². The van der Waals surface area contributed by atoms with Gasteiger partial charge in [0.1, 0.15) is 6.07 Å². The summed E-state index contributed by atoms with van der Waals surface area (Å²) in [5, 5.41) is 11.7. The summed E-state index contributed by atoms with van der Waals surface area (Å²) in [4.78, 5) is 18.1. The lowest BCUT2D eigenvalue weighted by molar-refractivity contribution is 0.0936. The molecule has 0 aromatic carbocycles. The first kappa shape index (κ1) is 13.5. The summed E-state index contributed by atoms with van der Waals surface area (Å²) in [6.45, 7) is 2.84. The van der Waals surface area contributed by atoms with E-state index in [1.54, 1.807) is 6.07 Å². The topological polar surface area (TPSA) is 69.0 Å². The molecule has 1 saturated heterocycles. The minimum atomic E-state index is -0.155. The van der Waals surface area contributed by atoms with Crippen molar-refractivity contribution < 1.29 is 4.79 Å². The van der Waals surface area contributed by atoms with Gasteiger partial charge < -0.3 is 10.2 Å². The van der Waals surface area contributed by atoms with Gasteiger partial charge in [0, 0.05) is 25.5 Å². The van der Waals surface area contributed by atoms with Crippen molar-refractivity contribution in [2.24, 2.45) is 5.92 Å². The first-order chi connectivity index (χ1) is 9.19. The fourth-order valence-corrected chi connectivity index (χ4v) is 2.40. The highest BCUT2D eigenvalue weighted by molar-refractivity contribution is 5.94. The monoisotopic (exact) mass is 258 g/mol. The van der Waals surface area contributed by atoms with Gasteiger partial charge in [0.2, 0.25) is 0 Å². The van der Waals surface area contributed by atoms with Crippen molar-refractivity contribution in [1.29, 1.82) is 5.26 Å². The summed E-state index contributed by atoms with van der Waals surface area (Å²) in [7, 11) is 2.11. The molecule has 5 heteroatoms. The largest absolute Gasteiger partial charge is 0.352 e. The molecule has 2 rings (SSSR count). The van der Waals surface area contributed by atoms with Gasteiger partial charge >= 0.3 is 0 Å². The van der Waals surface area contributed by atoms with E-state index >= 15 is 0 Å². The maximum Gasteiger partial charge on any atom is 0.252 e. The number of nitrogens with one attached hydrogen (secondary N) is 1. The Balaban J connectivity index is 1.88. The van der Waals surface area contributed by atoms with Crippen molar-refractivity contribution in [2.45, 2.75) is 12.8 Å². The van der Waals surface area contributed by atoms with E-state index in [2.05, 4.69) is 22.2 Å². The number of nitriles is 1. The van der Waals surface area contributed by atoms with Gasteiger partial charge in [0.25, 0.3) is 5.91 Å². The highest BCUT2D eigenvalue weighted by atomic mass is 16.1. The van der Waals surface area contributed by atoms with E-state index in [9.17, 15) is 4.79 Å². The van der Waals surface area contributed by atoms with Gasteiger partial charge in [0.05, 0.1) is 11.1 Å². The van der Waals surface area contributed by atoms with E-state index in [1.807, 2.05) is 6.07 Å². The molecule has 0 bridgehead atoms. The molecular formula is C14H18N4O. The molecule has 1 aliphatic rings. The molecule has 19 heavy (non-hydrogen) atoms. The van der Waals surface area contributed by atoms with Gasteiger partial charge in [-0.05, 0) is 38.4 Å². The number of hydrogen-bond donors (Lipinski definition) is 1. The van der Waals surface area contributed by atoms with E-state index in [1.165, 1.54) is 18.8 Å². The third-order valence-electron chi connectivity index (χ3n) is 3.40. The number of hydrogen-bond acceptors (Lipinski definition) is 4. The molecule has 1 aliphatic heterocycles. The van der Waals surface area contributed by atoms with Crippen LogP contribution in [0.25, 0.3) is 0 Å². The Morgan fingerprint density at radius 1 is 1.63 bits per heavy atom. The van der Waals surface area contributed by atoms with Crippen LogP contribution in [0.15, 0.2) is 18.5 Å². The van der Waals surface area contributed by atoms with Crippen LogP contribution in [0.5, 0.6) is 0 Å². The maximum atomic E-state index is 12.0. The smallest absolute Gasteiger partial charge is 0.252 e. The zero-order valence-corrected chi connectivity index (χ0v) is 11.1. The van der Waals surface area contributed by atoms with Crippen molar-refractivity contribution in [3.05, 3.63) is 29.6 Å². The lowest BCUT2D eigenvalue weighted by Gasteiger charge is -2.29. The second kappa shape index (κ2) is 6.30. The number of rotatable bonds is 3. The van der Waals surface area contributed by atoms with Crippen LogP contribution in [0.3, 0.4) is 0 Å². The van der Waals surface area contributed by atoms with Gasteiger partial charge in [-0.15, -0.1) is 0 Å². The lowest BCUT2D eigenvalue weighted by atomic mass is 9.98. The predicted molar refractivity (Wildman–Crippen MR) is 71.5 cm³/mol. The third-order valence-corrected chi connectivity index (χ3v) is 3.40. The van der Waals surface area contributed by atoms with Crippen molar-refractivity contribution in [2.75, 3.05) is 26.7 Å². The Morgan fingerprint density at radius 2 is 2.47 bits per heavy atom. The minimum Gasteiger partial charge on any atom is -0.352 e. The van der Waals surface area contributed by atoms with Crippen molar-refractivity contribution >= 4 is 5.91 Å². The van der Waals surface area contributed by atoms with Gasteiger partial charge in [-0.3, -0.25) is 9.78 Å². The Morgan fingerprint density at radius 3 is 3.21 bits per heavy atom. The minimum absolute atomic E-state index is 0.155. The molecular weight excluding hydrogens is 240 g/mol. The summed E-state index contributed by atoms with van der Waals surface area (Å²) < 4.78 is 0. The van der Waals surface area contributed by atoms with Crippen molar-refractivity contribution in [3.63, 3.8) is 0 Å². The van der Waals surface area contributed by atoms with E-state index in [0.29, 0.717) is 23.6 Å². The summed E-state index contributed by atoms with van der Waals surface area (Å²) in [5.41, 5.74) is 0.855. The van der Waals surface area contributed by atoms with Crippen LogP contribution in [-0.4, -0.2) is 42.5 Å². The molecule has 1 aromatic rings. The molecule has 1 atom stereocenters. The molecule has 0 saturated carbocycles. The quantitative estimate of drug-likeness (QED) is 0.879. The fraction of sp³-hybridized carbons (Fsp3) is 0.500. The first-order valence-electron chi connectivity index (χ1n) is 6.51. The average molecular weight is 258 g/mol. The normalized spacial score (nSPS) is 19.7. The van der Waals surface area contributed by atoms with Crippen LogP contribution in [0.2, 0.25) is 0 Å². The summed E-state index contributed by atoms with van der Waals surface area (Å²) in [6, 6.07) is 3.55. The molecule has 100 valence electrons. The number of amides is 1. The SMILES string of the molecule is CN1CCCC(CNC(=O)c2cncc(C#N)c2)C1. The number of nitrogens with zero attached hydrogens (tertiary/aromatic N) is 3. The first-order valence-corrected chi connectivity index (χ1v) is 6.51. The van der Waals surface area contributed by atoms with Gasteiger partial charge in [-0.2, -0.15) is 5.26 Å². The van der Waals surface area contributed by atoms with Crippen LogP contribution >= 0.6 is 0 Å². The molecule has 1 unspecified atom stereocenters. The molecule has 1 amide bonds. The van der Waals surface area contributed by atoms with Gasteiger partial charge in [0.15, 0.2) is 0 Å². The van der Waals surface area contributed by atoms with Crippen molar-refractivity contribution in [3.8, 4) is 6.07 Å². The highest BCUT2D eigenvalue weighted by Gasteiger charge is 2.18. The van der Waals surface area contributed by atoms with E-state index in [-0.39, 0.29) is 5.91 Å². The van der Waals surface area contributed by atoms with Gasteiger partial charge in [-0.25, -0.2) is 0 Å². The Hall–Kier alpha value is -1.93. The number of likely N-dealkylation sites (tertiary alicyclic amines) is 1. The Labute approximate surface area is 113 Å². The number of carbonyl (C=O) groups is 1. The molecule has 2 heterocycles. The standard InChI is InChI=1S/C14H18N4O/c1-18-4-2-3-11(10-18)8-17-14(19)13-5-12(6-15)7-16-9-13/h5,7,9,11H,2-4,8,10H2,1H3,(H,17,19). The Bertz CT molecular complexity index is 494. The summed E-state index contributed by atoms with van der Waals surface area (Å²) in [5.74, 6) is 0.354. The molecule has 0 aliphatic carbocycles. The highest BCUT2D eigenvalue weighted by Crippen LogP contribution is 2.14. The zero-order chi connectivity index (χ0) is 13.7. The van der Waals surface area contributed by atoms with E-state index < -0.39 is 0 Å².